The van der Waals surface area contributed by atoms with E-state index in [0.29, 0.717) is 28.7 Å². The molecular weight excluding hydrogens is 553 g/mol. The third-order valence-corrected chi connectivity index (χ3v) is 7.11. The zero-order chi connectivity index (χ0) is 27.6. The number of nitrogens with zero attached hydrogens (tertiary/aromatic N) is 2. The first-order valence-corrected chi connectivity index (χ1v) is 13.4. The number of halogens is 2. The molecule has 0 aliphatic carbocycles. The van der Waals surface area contributed by atoms with Gasteiger partial charge in [-0.2, -0.15) is 8.42 Å². The van der Waals surface area contributed by atoms with Crippen molar-refractivity contribution in [3.8, 4) is 11.5 Å². The monoisotopic (exact) mass is 573 g/mol. The molecule has 4 rings (SSSR count). The van der Waals surface area contributed by atoms with Crippen LogP contribution >= 0.6 is 23.2 Å². The van der Waals surface area contributed by atoms with Crippen LogP contribution in [0.5, 0.6) is 11.5 Å². The lowest BCUT2D eigenvalue weighted by Crippen LogP contribution is -2.14. The molecule has 0 heterocycles. The Balaban J connectivity index is 1.85. The van der Waals surface area contributed by atoms with Crippen molar-refractivity contribution in [2.45, 2.75) is 18.7 Å². The fourth-order valence-corrected chi connectivity index (χ4v) is 5.26. The van der Waals surface area contributed by atoms with E-state index in [1.54, 1.807) is 56.3 Å². The lowest BCUT2D eigenvalue weighted by Gasteiger charge is -2.15. The molecule has 0 unspecified atom stereocenters. The largest absolute Gasteiger partial charge is 0.505 e. The van der Waals surface area contributed by atoms with Crippen LogP contribution < -0.4 is 10.1 Å². The van der Waals surface area contributed by atoms with Crippen LogP contribution in [0, 0.1) is 6.92 Å². The summed E-state index contributed by atoms with van der Waals surface area (Å²) in [7, 11) is -4.74. The van der Waals surface area contributed by atoms with E-state index in [9.17, 15) is 22.9 Å². The average molecular weight is 574 g/mol. The molecule has 0 saturated carbocycles. The summed E-state index contributed by atoms with van der Waals surface area (Å²) < 4.78 is 39.1. The fourth-order valence-electron chi connectivity index (χ4n) is 3.82. The SMILES string of the molecule is CCOc1cccc(Cl)c1NC(=O)c1cc2ccccc2c(N=Nc2cc(C)cc(Cl)c2S(=O)(=O)O)c1O. The number of phenolic OH excluding ortho intramolecular Hbond substituents is 1. The summed E-state index contributed by atoms with van der Waals surface area (Å²) in [6.45, 7) is 3.78. The lowest BCUT2D eigenvalue weighted by molar-refractivity contribution is 0.102. The maximum atomic E-state index is 13.3. The van der Waals surface area contributed by atoms with Crippen LogP contribution in [-0.2, 0) is 10.1 Å². The molecule has 0 aliphatic rings. The van der Waals surface area contributed by atoms with Gasteiger partial charge in [0, 0.05) is 5.39 Å². The Kier molecular flexibility index (Phi) is 7.89. The molecule has 38 heavy (non-hydrogen) atoms. The molecule has 0 aromatic heterocycles. The first kappa shape index (κ1) is 27.3. The summed E-state index contributed by atoms with van der Waals surface area (Å²) in [5.41, 5.74) is 0.300. The summed E-state index contributed by atoms with van der Waals surface area (Å²) in [6, 6.07) is 15.9. The van der Waals surface area contributed by atoms with Crippen LogP contribution in [0.3, 0.4) is 0 Å². The van der Waals surface area contributed by atoms with E-state index in [1.807, 2.05) is 0 Å². The van der Waals surface area contributed by atoms with E-state index >= 15 is 0 Å². The first-order chi connectivity index (χ1) is 18.0. The second-order valence-corrected chi connectivity index (χ2v) is 10.3. The molecule has 3 N–H and O–H groups in total. The molecule has 4 aromatic carbocycles. The van der Waals surface area contributed by atoms with Gasteiger partial charge in [0.15, 0.2) is 5.75 Å². The number of para-hydroxylation sites is 1. The predicted octanol–water partition coefficient (Wildman–Crippen LogP) is 7.47. The van der Waals surface area contributed by atoms with Crippen LogP contribution in [0.15, 0.2) is 75.8 Å². The molecule has 196 valence electrons. The van der Waals surface area contributed by atoms with Crippen molar-refractivity contribution in [1.82, 2.24) is 0 Å². The number of carbonyl (C=O) groups is 1. The van der Waals surface area contributed by atoms with Gasteiger partial charge in [-0.05, 0) is 55.1 Å². The Morgan fingerprint density at radius 3 is 2.47 bits per heavy atom. The van der Waals surface area contributed by atoms with Crippen LogP contribution in [0.4, 0.5) is 17.1 Å². The standard InChI is InChI=1S/C26H21Cl2N3O6S/c1-3-37-21-10-6-9-18(27)23(21)29-26(33)17-13-15-7-4-5-8-16(15)22(24(17)32)31-30-20-12-14(2)11-19(28)25(20)38(34,35)36/h4-13,32H,3H2,1-2H3,(H,29,33)(H,34,35,36). The number of benzene rings is 4. The van der Waals surface area contributed by atoms with Gasteiger partial charge < -0.3 is 15.2 Å². The number of anilines is 1. The number of nitrogens with one attached hydrogen (secondary N) is 1. The number of phenols is 1. The second-order valence-electron chi connectivity index (χ2n) is 8.11. The lowest BCUT2D eigenvalue weighted by atomic mass is 10.0. The number of hydrogen-bond acceptors (Lipinski definition) is 7. The van der Waals surface area contributed by atoms with E-state index in [1.165, 1.54) is 18.2 Å². The van der Waals surface area contributed by atoms with Crippen molar-refractivity contribution in [1.29, 1.82) is 0 Å². The number of hydrogen-bond donors (Lipinski definition) is 3. The van der Waals surface area contributed by atoms with Gasteiger partial charge in [0.1, 0.15) is 27.7 Å². The van der Waals surface area contributed by atoms with Gasteiger partial charge in [0.05, 0.1) is 22.2 Å². The molecule has 0 atom stereocenters. The normalized spacial score (nSPS) is 11.7. The van der Waals surface area contributed by atoms with E-state index in [0.717, 1.165) is 0 Å². The zero-order valence-corrected chi connectivity index (χ0v) is 22.4. The minimum absolute atomic E-state index is 0.101. The highest BCUT2D eigenvalue weighted by atomic mass is 35.5. The molecule has 1 amide bonds. The molecule has 4 aromatic rings. The second kappa shape index (κ2) is 11.0. The number of fused-ring (bicyclic) bond motifs is 1. The summed E-state index contributed by atoms with van der Waals surface area (Å²) in [5, 5.41) is 22.8. The van der Waals surface area contributed by atoms with E-state index in [4.69, 9.17) is 27.9 Å². The van der Waals surface area contributed by atoms with Gasteiger partial charge in [-0.15, -0.1) is 10.2 Å². The molecule has 9 nitrogen and oxygen atoms in total. The molecule has 0 radical (unpaired) electrons. The van der Waals surface area contributed by atoms with E-state index in [-0.39, 0.29) is 32.7 Å². The third kappa shape index (κ3) is 5.58. The number of amides is 1. The van der Waals surface area contributed by atoms with Gasteiger partial charge in [0.2, 0.25) is 0 Å². The summed E-state index contributed by atoms with van der Waals surface area (Å²) in [5.74, 6) is -0.860. The average Bonchev–Trinajstić information content (AvgIpc) is 2.84. The Morgan fingerprint density at radius 2 is 1.76 bits per heavy atom. The van der Waals surface area contributed by atoms with Gasteiger partial charge in [-0.1, -0.05) is 53.5 Å². The molecule has 12 heteroatoms. The molecule has 0 aliphatic heterocycles. The van der Waals surface area contributed by atoms with E-state index < -0.39 is 26.7 Å². The highest BCUT2D eigenvalue weighted by molar-refractivity contribution is 7.86. The fraction of sp³-hybridized carbons (Fsp3) is 0.115. The van der Waals surface area contributed by atoms with Crippen LogP contribution in [0.2, 0.25) is 10.0 Å². The summed E-state index contributed by atoms with van der Waals surface area (Å²) >= 11 is 12.3. The minimum Gasteiger partial charge on any atom is -0.505 e. The van der Waals surface area contributed by atoms with Gasteiger partial charge >= 0.3 is 0 Å². The van der Waals surface area contributed by atoms with Crippen molar-refractivity contribution in [2.75, 3.05) is 11.9 Å². The quantitative estimate of drug-likeness (QED) is 0.155. The number of azo groups is 1. The van der Waals surface area contributed by atoms with E-state index in [2.05, 4.69) is 15.5 Å². The molecule has 0 bridgehead atoms. The maximum absolute atomic E-state index is 13.3. The number of carbonyl (C=O) groups excluding carboxylic acids is 1. The number of aryl methyl sites for hydroxylation is 1. The van der Waals surface area contributed by atoms with Crippen LogP contribution in [0.25, 0.3) is 10.8 Å². The number of ether oxygens (including phenoxy) is 1. The van der Waals surface area contributed by atoms with Crippen molar-refractivity contribution in [3.05, 3.63) is 81.8 Å². The Labute approximate surface area is 228 Å². The van der Waals surface area contributed by atoms with Crippen molar-refractivity contribution in [2.24, 2.45) is 10.2 Å². The van der Waals surface area contributed by atoms with Crippen molar-refractivity contribution < 1.29 is 27.6 Å². The van der Waals surface area contributed by atoms with Gasteiger partial charge in [0.25, 0.3) is 16.0 Å². The van der Waals surface area contributed by atoms with Crippen LogP contribution in [0.1, 0.15) is 22.8 Å². The van der Waals surface area contributed by atoms with Gasteiger partial charge in [-0.3, -0.25) is 9.35 Å². The number of rotatable bonds is 7. The maximum Gasteiger partial charge on any atom is 0.298 e. The highest BCUT2D eigenvalue weighted by Gasteiger charge is 2.23. The van der Waals surface area contributed by atoms with Gasteiger partial charge in [-0.25, -0.2) is 0 Å². The molecular formula is C26H21Cl2N3O6S. The molecule has 0 spiro atoms. The molecule has 0 fully saturated rings. The predicted molar refractivity (Wildman–Crippen MR) is 146 cm³/mol. The smallest absolute Gasteiger partial charge is 0.298 e. The Bertz CT molecular complexity index is 1710. The number of aromatic hydroxyl groups is 1. The van der Waals surface area contributed by atoms with Crippen molar-refractivity contribution in [3.63, 3.8) is 0 Å². The highest BCUT2D eigenvalue weighted by Crippen LogP contribution is 2.42. The Hall–Kier alpha value is -3.70. The van der Waals surface area contributed by atoms with Crippen molar-refractivity contribution >= 4 is 67.1 Å². The summed E-state index contributed by atoms with van der Waals surface area (Å²) in [4.78, 5) is 12.7. The minimum atomic E-state index is -4.74. The Morgan fingerprint density at radius 1 is 1.03 bits per heavy atom. The summed E-state index contributed by atoms with van der Waals surface area (Å²) in [6.07, 6.45) is 0. The topological polar surface area (TPSA) is 138 Å². The molecule has 0 saturated heterocycles. The third-order valence-electron chi connectivity index (χ3n) is 5.44. The first-order valence-electron chi connectivity index (χ1n) is 11.2. The zero-order valence-electron chi connectivity index (χ0n) is 20.1. The van der Waals surface area contributed by atoms with Crippen LogP contribution in [-0.4, -0.2) is 30.6 Å².